The number of ether oxygens (including phenoxy) is 3. The minimum absolute atomic E-state index is 0.147. The first kappa shape index (κ1) is 25.4. The van der Waals surface area contributed by atoms with Crippen molar-refractivity contribution in [2.45, 2.75) is 45.6 Å². The fraction of sp³-hybridized carbons (Fsp3) is 0.391. The number of methoxy groups -OCH3 is 2. The molecule has 0 saturated heterocycles. The Morgan fingerprint density at radius 1 is 0.969 bits per heavy atom. The van der Waals surface area contributed by atoms with Gasteiger partial charge in [-0.2, -0.15) is 4.72 Å². The van der Waals surface area contributed by atoms with Crippen molar-refractivity contribution in [1.82, 2.24) is 4.72 Å². The second-order valence-corrected chi connectivity index (χ2v) is 9.18. The van der Waals surface area contributed by atoms with Gasteiger partial charge < -0.3 is 14.2 Å². The summed E-state index contributed by atoms with van der Waals surface area (Å²) in [6, 6.07) is 5.36. The van der Waals surface area contributed by atoms with E-state index in [-0.39, 0.29) is 16.2 Å². The van der Waals surface area contributed by atoms with Crippen molar-refractivity contribution in [2.75, 3.05) is 20.8 Å². The molecule has 0 aliphatic rings. The molecule has 2 aromatic carbocycles. The van der Waals surface area contributed by atoms with Gasteiger partial charge in [-0.15, -0.1) is 0 Å². The maximum atomic E-state index is 13.0. The number of rotatable bonds is 9. The van der Waals surface area contributed by atoms with Crippen LogP contribution in [0.15, 0.2) is 29.2 Å². The predicted molar refractivity (Wildman–Crippen MR) is 120 cm³/mol. The van der Waals surface area contributed by atoms with E-state index in [9.17, 15) is 18.0 Å². The Hall–Kier alpha value is -2.91. The first-order valence-electron chi connectivity index (χ1n) is 9.94. The van der Waals surface area contributed by atoms with Crippen LogP contribution in [-0.4, -0.2) is 47.0 Å². The average molecular weight is 464 g/mol. The molecule has 2 aromatic rings. The van der Waals surface area contributed by atoms with Gasteiger partial charge in [0.05, 0.1) is 24.7 Å². The molecule has 0 spiro atoms. The van der Waals surface area contributed by atoms with E-state index in [1.807, 2.05) is 19.9 Å². The Bertz CT molecular complexity index is 1110. The summed E-state index contributed by atoms with van der Waals surface area (Å²) in [4.78, 5) is 25.0. The molecule has 0 aliphatic heterocycles. The number of sulfonamides is 1. The lowest BCUT2D eigenvalue weighted by Gasteiger charge is -2.18. The highest BCUT2D eigenvalue weighted by molar-refractivity contribution is 7.89. The topological polar surface area (TPSA) is 108 Å². The second kappa shape index (κ2) is 10.1. The lowest BCUT2D eigenvalue weighted by atomic mass is 10.0. The number of Topliss-reactive ketones (excluding diaryl/α,β-unsaturated/α-hetero) is 1. The molecule has 32 heavy (non-hydrogen) atoms. The van der Waals surface area contributed by atoms with Crippen molar-refractivity contribution in [2.24, 2.45) is 0 Å². The summed E-state index contributed by atoms with van der Waals surface area (Å²) < 4.78 is 43.7. The molecule has 9 heteroatoms. The lowest BCUT2D eigenvalue weighted by Crippen LogP contribution is -2.40. The Morgan fingerprint density at radius 2 is 1.56 bits per heavy atom. The van der Waals surface area contributed by atoms with Crippen molar-refractivity contribution < 1.29 is 32.2 Å². The maximum absolute atomic E-state index is 13.0. The van der Waals surface area contributed by atoms with Crippen LogP contribution < -0.4 is 14.2 Å². The van der Waals surface area contributed by atoms with Crippen LogP contribution in [0.25, 0.3) is 0 Å². The molecule has 0 saturated carbocycles. The van der Waals surface area contributed by atoms with Gasteiger partial charge in [-0.25, -0.2) is 8.42 Å². The quantitative estimate of drug-likeness (QED) is 0.450. The van der Waals surface area contributed by atoms with Crippen molar-refractivity contribution in [1.29, 1.82) is 0 Å². The fourth-order valence-electron chi connectivity index (χ4n) is 3.29. The zero-order valence-corrected chi connectivity index (χ0v) is 20.2. The van der Waals surface area contributed by atoms with Gasteiger partial charge in [-0.05, 0) is 69.0 Å². The highest BCUT2D eigenvalue weighted by Gasteiger charge is 2.28. The summed E-state index contributed by atoms with van der Waals surface area (Å²) in [6.45, 7) is 7.91. The minimum Gasteiger partial charge on any atom is -0.497 e. The highest BCUT2D eigenvalue weighted by Crippen LogP contribution is 2.27. The number of aryl methyl sites for hydroxylation is 2. The van der Waals surface area contributed by atoms with Crippen molar-refractivity contribution >= 4 is 21.8 Å². The number of hydrogen-bond donors (Lipinski definition) is 1. The predicted octanol–water partition coefficient (Wildman–Crippen LogP) is 3.03. The molecule has 0 bridgehead atoms. The number of carbonyl (C=O) groups excluding carboxylic acids is 2. The van der Waals surface area contributed by atoms with E-state index in [0.29, 0.717) is 16.9 Å². The van der Waals surface area contributed by atoms with Crippen LogP contribution in [0.2, 0.25) is 0 Å². The zero-order chi connectivity index (χ0) is 24.2. The average Bonchev–Trinajstić information content (AvgIpc) is 2.74. The van der Waals surface area contributed by atoms with Crippen LogP contribution in [0.4, 0.5) is 0 Å². The summed E-state index contributed by atoms with van der Waals surface area (Å²) in [5.74, 6) is -0.571. The number of carbonyl (C=O) groups is 2. The van der Waals surface area contributed by atoms with E-state index in [2.05, 4.69) is 4.72 Å². The number of benzene rings is 2. The van der Waals surface area contributed by atoms with E-state index in [4.69, 9.17) is 14.2 Å². The van der Waals surface area contributed by atoms with Gasteiger partial charge in [-0.1, -0.05) is 6.07 Å². The second-order valence-electron chi connectivity index (χ2n) is 7.53. The summed E-state index contributed by atoms with van der Waals surface area (Å²) in [6.07, 6.45) is 0. The van der Waals surface area contributed by atoms with Gasteiger partial charge in [0.1, 0.15) is 17.5 Å². The van der Waals surface area contributed by atoms with Crippen molar-refractivity contribution in [3.63, 3.8) is 0 Å². The standard InChI is InChI=1S/C23H29NO7S/c1-13-10-14(2)16(4)22(15(13)3)32(27,28)24-17(5)23(26)31-12-20(25)19-9-8-18(29-6)11-21(19)30-7/h8-11,17,24H,12H2,1-7H3/t17-/m1/s1. The zero-order valence-electron chi connectivity index (χ0n) is 19.4. The van der Waals surface area contributed by atoms with Crippen LogP contribution in [-0.2, 0) is 19.6 Å². The van der Waals surface area contributed by atoms with Crippen LogP contribution in [0.5, 0.6) is 11.5 Å². The largest absolute Gasteiger partial charge is 0.497 e. The molecule has 0 amide bonds. The molecule has 0 fully saturated rings. The van der Waals surface area contributed by atoms with E-state index in [1.165, 1.54) is 27.2 Å². The maximum Gasteiger partial charge on any atom is 0.324 e. The van der Waals surface area contributed by atoms with E-state index in [0.717, 1.165) is 11.1 Å². The van der Waals surface area contributed by atoms with Gasteiger partial charge in [0.15, 0.2) is 6.61 Å². The lowest BCUT2D eigenvalue weighted by molar-refractivity contribution is -0.144. The molecule has 0 aliphatic carbocycles. The minimum atomic E-state index is -3.99. The van der Waals surface area contributed by atoms with Gasteiger partial charge >= 0.3 is 5.97 Å². The van der Waals surface area contributed by atoms with Crippen LogP contribution in [0, 0.1) is 27.7 Å². The smallest absolute Gasteiger partial charge is 0.324 e. The van der Waals surface area contributed by atoms with Gasteiger partial charge in [0.2, 0.25) is 15.8 Å². The van der Waals surface area contributed by atoms with Crippen LogP contribution in [0.1, 0.15) is 39.5 Å². The van der Waals surface area contributed by atoms with Crippen molar-refractivity contribution in [3.8, 4) is 11.5 Å². The Labute approximate surface area is 188 Å². The Balaban J connectivity index is 2.12. The molecule has 0 aromatic heterocycles. The van der Waals surface area contributed by atoms with Crippen LogP contribution >= 0.6 is 0 Å². The molecule has 1 atom stereocenters. The molecule has 0 radical (unpaired) electrons. The molecule has 0 heterocycles. The summed E-state index contributed by atoms with van der Waals surface area (Å²) in [5, 5.41) is 0. The third-order valence-corrected chi connectivity index (χ3v) is 7.12. The highest BCUT2D eigenvalue weighted by atomic mass is 32.2. The third-order valence-electron chi connectivity index (χ3n) is 5.31. The first-order valence-corrected chi connectivity index (χ1v) is 11.4. The summed E-state index contributed by atoms with van der Waals surface area (Å²) >= 11 is 0. The molecule has 1 N–H and O–H groups in total. The first-order chi connectivity index (χ1) is 14.9. The van der Waals surface area contributed by atoms with Gasteiger partial charge in [0.25, 0.3) is 0 Å². The molecule has 0 unspecified atom stereocenters. The molecular formula is C23H29NO7S. The monoisotopic (exact) mass is 463 g/mol. The molecule has 174 valence electrons. The molecule has 8 nitrogen and oxygen atoms in total. The van der Waals surface area contributed by atoms with Crippen LogP contribution in [0.3, 0.4) is 0 Å². The van der Waals surface area contributed by atoms with Gasteiger partial charge in [0, 0.05) is 6.07 Å². The van der Waals surface area contributed by atoms with E-state index in [1.54, 1.807) is 26.0 Å². The van der Waals surface area contributed by atoms with Crippen molar-refractivity contribution in [3.05, 3.63) is 52.1 Å². The Morgan fingerprint density at radius 3 is 2.09 bits per heavy atom. The number of esters is 1. The SMILES string of the molecule is COc1ccc(C(=O)COC(=O)[C@@H](C)NS(=O)(=O)c2c(C)c(C)cc(C)c2C)c(OC)c1. The fourth-order valence-corrected chi connectivity index (χ4v) is 5.10. The number of nitrogens with one attached hydrogen (secondary N) is 1. The Kier molecular flexibility index (Phi) is 8.03. The summed E-state index contributed by atoms with van der Waals surface area (Å²) in [5.41, 5.74) is 3.12. The normalized spacial score (nSPS) is 12.2. The summed E-state index contributed by atoms with van der Waals surface area (Å²) in [7, 11) is -1.09. The number of hydrogen-bond acceptors (Lipinski definition) is 7. The van der Waals surface area contributed by atoms with E-state index >= 15 is 0 Å². The number of ketones is 1. The van der Waals surface area contributed by atoms with Gasteiger partial charge in [-0.3, -0.25) is 9.59 Å². The molecule has 2 rings (SSSR count). The van der Waals surface area contributed by atoms with E-state index < -0.39 is 34.4 Å². The third kappa shape index (κ3) is 5.46. The molecular weight excluding hydrogens is 434 g/mol.